The first-order valence-electron chi connectivity index (χ1n) is 8.31. The molecule has 1 N–H and O–H groups in total. The molecule has 2 nitrogen and oxygen atoms in total. The third-order valence-corrected chi connectivity index (χ3v) is 4.59. The number of hydrogen-bond acceptors (Lipinski definition) is 2. The van der Waals surface area contributed by atoms with E-state index in [2.05, 4.69) is 72.6 Å². The summed E-state index contributed by atoms with van der Waals surface area (Å²) in [5.41, 5.74) is 5.40. The number of anilines is 1. The van der Waals surface area contributed by atoms with E-state index in [1.807, 2.05) is 0 Å². The Morgan fingerprint density at radius 2 is 1.73 bits per heavy atom. The molecule has 3 rings (SSSR count). The van der Waals surface area contributed by atoms with Crippen LogP contribution in [0.25, 0.3) is 0 Å². The molecule has 1 saturated heterocycles. The summed E-state index contributed by atoms with van der Waals surface area (Å²) < 4.78 is 0. The van der Waals surface area contributed by atoms with Crippen molar-refractivity contribution in [3.05, 3.63) is 65.2 Å². The molecule has 0 amide bonds. The SMILES string of the molecule is Cc1ccc(C)c(NC2CCN(Cc3ccccc3)CC2)c1. The highest BCUT2D eigenvalue weighted by atomic mass is 15.1. The summed E-state index contributed by atoms with van der Waals surface area (Å²) in [6, 6.07) is 18.1. The minimum absolute atomic E-state index is 0.604. The van der Waals surface area contributed by atoms with Crippen molar-refractivity contribution in [2.24, 2.45) is 0 Å². The number of nitrogens with zero attached hydrogens (tertiary/aromatic N) is 1. The van der Waals surface area contributed by atoms with E-state index in [9.17, 15) is 0 Å². The van der Waals surface area contributed by atoms with E-state index in [1.54, 1.807) is 0 Å². The maximum atomic E-state index is 3.75. The number of piperidine rings is 1. The molecule has 0 saturated carbocycles. The predicted molar refractivity (Wildman–Crippen MR) is 94.3 cm³/mol. The number of aryl methyl sites for hydroxylation is 2. The zero-order valence-corrected chi connectivity index (χ0v) is 13.7. The lowest BCUT2D eigenvalue weighted by Gasteiger charge is -2.33. The van der Waals surface area contributed by atoms with Crippen molar-refractivity contribution in [2.75, 3.05) is 18.4 Å². The van der Waals surface area contributed by atoms with Crippen LogP contribution >= 0.6 is 0 Å². The Morgan fingerprint density at radius 3 is 2.45 bits per heavy atom. The second kappa shape index (κ2) is 6.97. The van der Waals surface area contributed by atoms with Crippen LogP contribution in [0.4, 0.5) is 5.69 Å². The van der Waals surface area contributed by atoms with Gasteiger partial charge in [0.2, 0.25) is 0 Å². The van der Waals surface area contributed by atoms with Gasteiger partial charge >= 0.3 is 0 Å². The molecule has 0 unspecified atom stereocenters. The molecule has 2 heteroatoms. The minimum atomic E-state index is 0.604. The molecule has 1 fully saturated rings. The molecule has 22 heavy (non-hydrogen) atoms. The number of hydrogen-bond donors (Lipinski definition) is 1. The Balaban J connectivity index is 1.52. The molecular weight excluding hydrogens is 268 g/mol. The van der Waals surface area contributed by atoms with Crippen LogP contribution in [0.2, 0.25) is 0 Å². The first kappa shape index (κ1) is 15.1. The van der Waals surface area contributed by atoms with Gasteiger partial charge in [0.05, 0.1) is 0 Å². The topological polar surface area (TPSA) is 15.3 Å². The van der Waals surface area contributed by atoms with E-state index in [1.165, 1.54) is 48.3 Å². The van der Waals surface area contributed by atoms with Gasteiger partial charge in [-0.1, -0.05) is 42.5 Å². The number of nitrogens with one attached hydrogen (secondary N) is 1. The van der Waals surface area contributed by atoms with Crippen LogP contribution in [0.5, 0.6) is 0 Å². The van der Waals surface area contributed by atoms with Crippen LogP contribution < -0.4 is 5.32 Å². The average molecular weight is 294 g/mol. The summed E-state index contributed by atoms with van der Waals surface area (Å²) in [7, 11) is 0. The molecule has 0 aromatic heterocycles. The maximum Gasteiger partial charge on any atom is 0.0374 e. The van der Waals surface area contributed by atoms with Gasteiger partial charge in [0, 0.05) is 31.4 Å². The van der Waals surface area contributed by atoms with Crippen LogP contribution in [0.15, 0.2) is 48.5 Å². The molecule has 116 valence electrons. The van der Waals surface area contributed by atoms with Crippen molar-refractivity contribution in [2.45, 2.75) is 39.3 Å². The Hall–Kier alpha value is -1.80. The Labute approximate surface area is 134 Å². The monoisotopic (exact) mass is 294 g/mol. The first-order valence-corrected chi connectivity index (χ1v) is 8.31. The van der Waals surface area contributed by atoms with Gasteiger partial charge in [-0.05, 0) is 49.4 Å². The van der Waals surface area contributed by atoms with E-state index in [-0.39, 0.29) is 0 Å². The highest BCUT2D eigenvalue weighted by molar-refractivity contribution is 5.53. The van der Waals surface area contributed by atoms with Gasteiger partial charge in [0.15, 0.2) is 0 Å². The van der Waals surface area contributed by atoms with Crippen LogP contribution in [0.1, 0.15) is 29.5 Å². The molecular formula is C20H26N2. The quantitative estimate of drug-likeness (QED) is 0.900. The molecule has 0 atom stereocenters. The average Bonchev–Trinajstić information content (AvgIpc) is 2.54. The second-order valence-corrected chi connectivity index (χ2v) is 6.50. The van der Waals surface area contributed by atoms with E-state index in [0.717, 1.165) is 6.54 Å². The molecule has 1 aliphatic rings. The third-order valence-electron chi connectivity index (χ3n) is 4.59. The zero-order chi connectivity index (χ0) is 15.4. The highest BCUT2D eigenvalue weighted by Gasteiger charge is 2.19. The second-order valence-electron chi connectivity index (χ2n) is 6.50. The predicted octanol–water partition coefficient (Wildman–Crippen LogP) is 4.38. The maximum absolute atomic E-state index is 3.75. The summed E-state index contributed by atoms with van der Waals surface area (Å²) in [5.74, 6) is 0. The van der Waals surface area contributed by atoms with E-state index < -0.39 is 0 Å². The summed E-state index contributed by atoms with van der Waals surface area (Å²) in [6.45, 7) is 7.78. The van der Waals surface area contributed by atoms with Gasteiger partial charge in [0.1, 0.15) is 0 Å². The van der Waals surface area contributed by atoms with Crippen LogP contribution in [-0.4, -0.2) is 24.0 Å². The van der Waals surface area contributed by atoms with Crippen LogP contribution in [-0.2, 0) is 6.54 Å². The lowest BCUT2D eigenvalue weighted by Crippen LogP contribution is -2.38. The lowest BCUT2D eigenvalue weighted by molar-refractivity contribution is 0.211. The van der Waals surface area contributed by atoms with E-state index >= 15 is 0 Å². The zero-order valence-electron chi connectivity index (χ0n) is 13.7. The largest absolute Gasteiger partial charge is 0.382 e. The summed E-state index contributed by atoms with van der Waals surface area (Å²) >= 11 is 0. The summed E-state index contributed by atoms with van der Waals surface area (Å²) in [4.78, 5) is 2.57. The van der Waals surface area contributed by atoms with Crippen molar-refractivity contribution in [3.63, 3.8) is 0 Å². The van der Waals surface area contributed by atoms with Gasteiger partial charge in [-0.2, -0.15) is 0 Å². The van der Waals surface area contributed by atoms with E-state index in [4.69, 9.17) is 0 Å². The Kier molecular flexibility index (Phi) is 4.79. The van der Waals surface area contributed by atoms with Crippen LogP contribution in [0, 0.1) is 13.8 Å². The van der Waals surface area contributed by atoms with E-state index in [0.29, 0.717) is 6.04 Å². The third kappa shape index (κ3) is 3.89. The molecule has 0 radical (unpaired) electrons. The van der Waals surface area contributed by atoms with Gasteiger partial charge in [0.25, 0.3) is 0 Å². The number of likely N-dealkylation sites (tertiary alicyclic amines) is 1. The number of rotatable bonds is 4. The summed E-state index contributed by atoms with van der Waals surface area (Å²) in [6.07, 6.45) is 2.44. The van der Waals surface area contributed by atoms with Crippen molar-refractivity contribution in [3.8, 4) is 0 Å². The Bertz CT molecular complexity index is 598. The van der Waals surface area contributed by atoms with Gasteiger partial charge in [-0.3, -0.25) is 4.90 Å². The normalized spacial score (nSPS) is 16.6. The minimum Gasteiger partial charge on any atom is -0.382 e. The molecule has 0 aliphatic carbocycles. The smallest absolute Gasteiger partial charge is 0.0374 e. The molecule has 1 heterocycles. The molecule has 2 aromatic rings. The standard InChI is InChI=1S/C20H26N2/c1-16-8-9-17(2)20(14-16)21-19-10-12-22(13-11-19)15-18-6-4-3-5-7-18/h3-9,14,19,21H,10-13,15H2,1-2H3. The molecule has 1 aliphatic heterocycles. The lowest BCUT2D eigenvalue weighted by atomic mass is 10.0. The fourth-order valence-electron chi connectivity index (χ4n) is 3.19. The molecule has 0 bridgehead atoms. The van der Waals surface area contributed by atoms with Gasteiger partial charge in [-0.25, -0.2) is 0 Å². The summed E-state index contributed by atoms with van der Waals surface area (Å²) in [5, 5.41) is 3.75. The van der Waals surface area contributed by atoms with Crippen molar-refractivity contribution in [1.82, 2.24) is 4.90 Å². The number of benzene rings is 2. The Morgan fingerprint density at radius 1 is 1.00 bits per heavy atom. The van der Waals surface area contributed by atoms with Crippen molar-refractivity contribution < 1.29 is 0 Å². The van der Waals surface area contributed by atoms with Crippen molar-refractivity contribution in [1.29, 1.82) is 0 Å². The van der Waals surface area contributed by atoms with Crippen molar-refractivity contribution >= 4 is 5.69 Å². The van der Waals surface area contributed by atoms with Gasteiger partial charge in [-0.15, -0.1) is 0 Å². The van der Waals surface area contributed by atoms with Crippen LogP contribution in [0.3, 0.4) is 0 Å². The first-order chi connectivity index (χ1) is 10.7. The highest BCUT2D eigenvalue weighted by Crippen LogP contribution is 2.22. The fraction of sp³-hybridized carbons (Fsp3) is 0.400. The molecule has 0 spiro atoms. The fourth-order valence-corrected chi connectivity index (χ4v) is 3.19. The molecule has 2 aromatic carbocycles. The van der Waals surface area contributed by atoms with Gasteiger partial charge < -0.3 is 5.32 Å².